The fourth-order valence-electron chi connectivity index (χ4n) is 3.69. The summed E-state index contributed by atoms with van der Waals surface area (Å²) < 4.78 is 32.4. The summed E-state index contributed by atoms with van der Waals surface area (Å²) in [5.74, 6) is -1.10. The summed E-state index contributed by atoms with van der Waals surface area (Å²) >= 11 is 1.20. The molecule has 0 radical (unpaired) electrons. The zero-order valence-electron chi connectivity index (χ0n) is 14.5. The number of aromatic nitrogens is 1. The zero-order chi connectivity index (χ0) is 18.1. The molecule has 1 aromatic heterocycles. The van der Waals surface area contributed by atoms with Gasteiger partial charge in [0, 0.05) is 17.0 Å². The molecule has 0 spiro atoms. The number of carbonyl (C=O) groups is 1. The quantitative estimate of drug-likeness (QED) is 0.796. The van der Waals surface area contributed by atoms with Crippen LogP contribution in [0.1, 0.15) is 19.3 Å². The number of benzene rings is 1. The van der Waals surface area contributed by atoms with Crippen LogP contribution in [0.2, 0.25) is 0 Å². The van der Waals surface area contributed by atoms with Crippen molar-refractivity contribution in [3.05, 3.63) is 35.3 Å². The number of anilines is 1. The molecule has 2 bridgehead atoms. The lowest BCUT2D eigenvalue weighted by molar-refractivity contribution is -0.0190. The molecule has 146 valence electrons. The number of piperidine rings is 3. The molecule has 1 aromatic carbocycles. The summed E-state index contributed by atoms with van der Waals surface area (Å²) in [6.45, 7) is 3.58. The Bertz CT molecular complexity index is 791. The molecule has 0 saturated carbocycles. The third kappa shape index (κ3) is 4.39. The minimum absolute atomic E-state index is 0. The van der Waals surface area contributed by atoms with Gasteiger partial charge in [0.25, 0.3) is 0 Å². The number of ether oxygens (including phenoxy) is 1. The van der Waals surface area contributed by atoms with E-state index in [0.29, 0.717) is 17.0 Å². The molecular formula is C18H20ClF2N3O2S. The predicted molar refractivity (Wildman–Crippen MR) is 102 cm³/mol. The van der Waals surface area contributed by atoms with Crippen LogP contribution >= 0.6 is 23.7 Å². The first-order chi connectivity index (χ1) is 12.5. The SMILES string of the molecule is Cl.O=C(Nc1ncsc1-c1cc(F)cc(F)c1)OCC12CCN(CC1)CC2. The van der Waals surface area contributed by atoms with Gasteiger partial charge in [0.15, 0.2) is 5.82 Å². The Kier molecular flexibility index (Phi) is 5.98. The maximum atomic E-state index is 13.5. The number of nitrogens with zero attached hydrogens (tertiary/aromatic N) is 2. The average Bonchev–Trinajstić information content (AvgIpc) is 3.09. The van der Waals surface area contributed by atoms with E-state index in [1.165, 1.54) is 29.0 Å². The number of halogens is 3. The molecule has 3 aliphatic heterocycles. The van der Waals surface area contributed by atoms with Gasteiger partial charge in [-0.2, -0.15) is 0 Å². The fourth-order valence-corrected chi connectivity index (χ4v) is 4.42. The van der Waals surface area contributed by atoms with Crippen molar-refractivity contribution in [1.29, 1.82) is 0 Å². The molecule has 1 amide bonds. The summed E-state index contributed by atoms with van der Waals surface area (Å²) in [5.41, 5.74) is 1.94. The molecule has 3 fully saturated rings. The highest BCUT2D eigenvalue weighted by molar-refractivity contribution is 7.13. The topological polar surface area (TPSA) is 54.5 Å². The van der Waals surface area contributed by atoms with Gasteiger partial charge >= 0.3 is 6.09 Å². The van der Waals surface area contributed by atoms with E-state index in [0.717, 1.165) is 45.0 Å². The lowest BCUT2D eigenvalue weighted by Crippen LogP contribution is -2.50. The molecule has 0 atom stereocenters. The summed E-state index contributed by atoms with van der Waals surface area (Å²) in [5, 5.41) is 2.60. The molecule has 2 aromatic rings. The van der Waals surface area contributed by atoms with Gasteiger partial charge in [-0.25, -0.2) is 18.6 Å². The van der Waals surface area contributed by atoms with Crippen LogP contribution < -0.4 is 5.32 Å². The number of rotatable bonds is 4. The van der Waals surface area contributed by atoms with E-state index in [1.807, 2.05) is 0 Å². The largest absolute Gasteiger partial charge is 0.449 e. The van der Waals surface area contributed by atoms with E-state index >= 15 is 0 Å². The average molecular weight is 416 g/mol. The molecule has 3 aliphatic rings. The molecule has 0 aliphatic carbocycles. The first-order valence-corrected chi connectivity index (χ1v) is 9.47. The summed E-state index contributed by atoms with van der Waals surface area (Å²) in [4.78, 5) is 19.2. The van der Waals surface area contributed by atoms with Crippen molar-refractivity contribution >= 4 is 35.7 Å². The van der Waals surface area contributed by atoms with Gasteiger partial charge < -0.3 is 9.64 Å². The van der Waals surface area contributed by atoms with Gasteiger partial charge in [0.1, 0.15) is 11.6 Å². The number of carbonyl (C=O) groups excluding carboxylic acids is 1. The van der Waals surface area contributed by atoms with Crippen molar-refractivity contribution in [3.63, 3.8) is 0 Å². The first-order valence-electron chi connectivity index (χ1n) is 8.59. The smallest absolute Gasteiger partial charge is 0.412 e. The van der Waals surface area contributed by atoms with E-state index in [2.05, 4.69) is 15.2 Å². The van der Waals surface area contributed by atoms with E-state index in [-0.39, 0.29) is 23.6 Å². The predicted octanol–water partition coefficient (Wildman–Crippen LogP) is 4.54. The van der Waals surface area contributed by atoms with Gasteiger partial charge in [0.05, 0.1) is 17.0 Å². The minimum Gasteiger partial charge on any atom is -0.449 e. The maximum absolute atomic E-state index is 13.5. The van der Waals surface area contributed by atoms with E-state index in [9.17, 15) is 13.6 Å². The molecular weight excluding hydrogens is 396 g/mol. The molecule has 5 nitrogen and oxygen atoms in total. The van der Waals surface area contributed by atoms with Gasteiger partial charge in [0.2, 0.25) is 0 Å². The van der Waals surface area contributed by atoms with Crippen LogP contribution in [-0.4, -0.2) is 42.2 Å². The van der Waals surface area contributed by atoms with E-state index in [4.69, 9.17) is 4.74 Å². The molecule has 27 heavy (non-hydrogen) atoms. The van der Waals surface area contributed by atoms with Crippen molar-refractivity contribution < 1.29 is 18.3 Å². The molecule has 5 rings (SSSR count). The van der Waals surface area contributed by atoms with Crippen molar-refractivity contribution in [2.75, 3.05) is 31.6 Å². The first kappa shape index (κ1) is 20.0. The number of nitrogens with one attached hydrogen (secondary N) is 1. The second-order valence-electron chi connectivity index (χ2n) is 6.98. The monoisotopic (exact) mass is 415 g/mol. The van der Waals surface area contributed by atoms with Crippen LogP contribution in [0.25, 0.3) is 10.4 Å². The van der Waals surface area contributed by atoms with Crippen LogP contribution in [0, 0.1) is 17.0 Å². The molecule has 9 heteroatoms. The van der Waals surface area contributed by atoms with Gasteiger partial charge in [-0.05, 0) is 51.0 Å². The van der Waals surface area contributed by atoms with Crippen molar-refractivity contribution in [1.82, 2.24) is 9.88 Å². The highest BCUT2D eigenvalue weighted by Gasteiger charge is 2.40. The van der Waals surface area contributed by atoms with Crippen LogP contribution in [0.3, 0.4) is 0 Å². The summed E-state index contributed by atoms with van der Waals surface area (Å²) in [6.07, 6.45) is 2.55. The highest BCUT2D eigenvalue weighted by atomic mass is 35.5. The molecule has 3 saturated heterocycles. The third-order valence-corrected chi connectivity index (χ3v) is 6.17. The Morgan fingerprint density at radius 3 is 2.44 bits per heavy atom. The van der Waals surface area contributed by atoms with E-state index < -0.39 is 17.7 Å². The molecule has 4 heterocycles. The summed E-state index contributed by atoms with van der Waals surface area (Å²) in [6, 6.07) is 3.23. The number of hydrogen-bond donors (Lipinski definition) is 1. The fraction of sp³-hybridized carbons (Fsp3) is 0.444. The second-order valence-corrected chi connectivity index (χ2v) is 7.84. The number of thiazole rings is 1. The Morgan fingerprint density at radius 1 is 1.19 bits per heavy atom. The van der Waals surface area contributed by atoms with Crippen molar-refractivity contribution in [3.8, 4) is 10.4 Å². The third-order valence-electron chi connectivity index (χ3n) is 5.30. The Hall–Kier alpha value is -1.77. The van der Waals surface area contributed by atoms with Gasteiger partial charge in [-0.3, -0.25) is 5.32 Å². The summed E-state index contributed by atoms with van der Waals surface area (Å²) in [7, 11) is 0. The zero-order valence-corrected chi connectivity index (χ0v) is 16.2. The van der Waals surface area contributed by atoms with Crippen LogP contribution in [-0.2, 0) is 4.74 Å². The molecule has 0 unspecified atom stereocenters. The Labute approximate surface area is 166 Å². The van der Waals surface area contributed by atoms with E-state index in [1.54, 1.807) is 0 Å². The lowest BCUT2D eigenvalue weighted by atomic mass is 9.73. The Morgan fingerprint density at radius 2 is 1.81 bits per heavy atom. The lowest BCUT2D eigenvalue weighted by Gasteiger charge is -2.47. The number of amides is 1. The molecule has 1 N–H and O–H groups in total. The highest BCUT2D eigenvalue weighted by Crippen LogP contribution is 2.40. The van der Waals surface area contributed by atoms with Crippen LogP contribution in [0.4, 0.5) is 19.4 Å². The normalized spacial score (nSPS) is 23.6. The van der Waals surface area contributed by atoms with Gasteiger partial charge in [-0.15, -0.1) is 23.7 Å². The van der Waals surface area contributed by atoms with Crippen LogP contribution in [0.15, 0.2) is 23.7 Å². The van der Waals surface area contributed by atoms with Crippen molar-refractivity contribution in [2.45, 2.75) is 19.3 Å². The van der Waals surface area contributed by atoms with Gasteiger partial charge in [-0.1, -0.05) is 0 Å². The second kappa shape index (κ2) is 8.08. The standard InChI is InChI=1S/C18H19F2N3O2S.ClH/c19-13-7-12(8-14(20)9-13)15-16(21-11-26-15)22-17(24)25-10-18-1-4-23(5-2-18)6-3-18;/h7-9,11H,1-6,10H2,(H,22,24);1H. The van der Waals surface area contributed by atoms with Crippen LogP contribution in [0.5, 0.6) is 0 Å². The number of hydrogen-bond acceptors (Lipinski definition) is 5. The number of fused-ring (bicyclic) bond motifs is 3. The Balaban J connectivity index is 0.00000210. The van der Waals surface area contributed by atoms with Crippen molar-refractivity contribution in [2.24, 2.45) is 5.41 Å². The minimum atomic E-state index is -0.676. The maximum Gasteiger partial charge on any atom is 0.412 e.